The van der Waals surface area contributed by atoms with E-state index in [-0.39, 0.29) is 0 Å². The average molecular weight is 319 g/mol. The lowest BCUT2D eigenvalue weighted by atomic mass is 10.00. The highest BCUT2D eigenvalue weighted by Gasteiger charge is 2.17. The zero-order valence-electron chi connectivity index (χ0n) is 10.7. The van der Waals surface area contributed by atoms with E-state index in [1.165, 1.54) is 11.1 Å². The summed E-state index contributed by atoms with van der Waals surface area (Å²) in [6.07, 6.45) is 2.66. The third-order valence-electron chi connectivity index (χ3n) is 3.41. The van der Waals surface area contributed by atoms with Gasteiger partial charge in [-0.15, -0.1) is 0 Å². The van der Waals surface area contributed by atoms with Crippen molar-refractivity contribution in [1.29, 1.82) is 0 Å². The number of rotatable bonds is 2. The van der Waals surface area contributed by atoms with Crippen molar-refractivity contribution in [1.82, 2.24) is 9.97 Å². The Labute approximate surface area is 121 Å². The minimum Gasteiger partial charge on any atom is -0.373 e. The third kappa shape index (κ3) is 2.56. The maximum Gasteiger partial charge on any atom is 0.134 e. The molecule has 0 aliphatic carbocycles. The minimum atomic E-state index is 0.853. The number of fused-ring (bicyclic) bond motifs is 1. The van der Waals surface area contributed by atoms with Gasteiger partial charge >= 0.3 is 0 Å². The fourth-order valence-corrected chi connectivity index (χ4v) is 2.78. The van der Waals surface area contributed by atoms with Crippen molar-refractivity contribution in [3.63, 3.8) is 0 Å². The SMILES string of the molecule is CNc1cc(N2CCc3cc(Br)ccc3C2)ncn1. The molecule has 98 valence electrons. The van der Waals surface area contributed by atoms with E-state index in [1.54, 1.807) is 6.33 Å². The van der Waals surface area contributed by atoms with Crippen LogP contribution in [0.3, 0.4) is 0 Å². The van der Waals surface area contributed by atoms with E-state index in [2.05, 4.69) is 54.3 Å². The fourth-order valence-electron chi connectivity index (χ4n) is 2.37. The summed E-state index contributed by atoms with van der Waals surface area (Å²) in [5.74, 6) is 1.83. The highest BCUT2D eigenvalue weighted by atomic mass is 79.9. The lowest BCUT2D eigenvalue weighted by Gasteiger charge is -2.30. The van der Waals surface area contributed by atoms with Gasteiger partial charge in [-0.1, -0.05) is 22.0 Å². The topological polar surface area (TPSA) is 41.0 Å². The molecule has 1 aromatic heterocycles. The lowest BCUT2D eigenvalue weighted by Crippen LogP contribution is -2.31. The first-order valence-electron chi connectivity index (χ1n) is 6.28. The molecule has 0 radical (unpaired) electrons. The van der Waals surface area contributed by atoms with Gasteiger partial charge in [0, 0.05) is 30.7 Å². The van der Waals surface area contributed by atoms with Gasteiger partial charge in [-0.25, -0.2) is 9.97 Å². The predicted molar refractivity (Wildman–Crippen MR) is 80.5 cm³/mol. The summed E-state index contributed by atoms with van der Waals surface area (Å²) in [6.45, 7) is 1.90. The number of hydrogen-bond acceptors (Lipinski definition) is 4. The van der Waals surface area contributed by atoms with Crippen LogP contribution < -0.4 is 10.2 Å². The standard InChI is InChI=1S/C14H15BrN4/c1-16-13-7-14(18-9-17-13)19-5-4-10-6-12(15)3-2-11(10)8-19/h2-3,6-7,9H,4-5,8H2,1H3,(H,16,17,18). The van der Waals surface area contributed by atoms with Crippen LogP contribution in [0.25, 0.3) is 0 Å². The van der Waals surface area contributed by atoms with Crippen molar-refractivity contribution in [2.24, 2.45) is 0 Å². The molecule has 0 atom stereocenters. The maximum atomic E-state index is 4.37. The quantitative estimate of drug-likeness (QED) is 0.924. The second kappa shape index (κ2) is 5.17. The number of nitrogens with zero attached hydrogens (tertiary/aromatic N) is 3. The minimum absolute atomic E-state index is 0.853. The Bertz CT molecular complexity index is 600. The zero-order valence-corrected chi connectivity index (χ0v) is 12.3. The Kier molecular flexibility index (Phi) is 3.38. The highest BCUT2D eigenvalue weighted by molar-refractivity contribution is 9.10. The van der Waals surface area contributed by atoms with Gasteiger partial charge in [-0.2, -0.15) is 0 Å². The molecule has 1 aliphatic heterocycles. The monoisotopic (exact) mass is 318 g/mol. The van der Waals surface area contributed by atoms with E-state index in [9.17, 15) is 0 Å². The molecule has 1 aromatic carbocycles. The van der Waals surface area contributed by atoms with Crippen LogP contribution in [-0.2, 0) is 13.0 Å². The Morgan fingerprint density at radius 3 is 2.95 bits per heavy atom. The number of nitrogens with one attached hydrogen (secondary N) is 1. The van der Waals surface area contributed by atoms with Gasteiger partial charge in [0.15, 0.2) is 0 Å². The van der Waals surface area contributed by atoms with Gasteiger partial charge in [0.2, 0.25) is 0 Å². The zero-order chi connectivity index (χ0) is 13.2. The molecule has 0 amide bonds. The molecule has 0 saturated carbocycles. The smallest absolute Gasteiger partial charge is 0.134 e. The van der Waals surface area contributed by atoms with Crippen molar-refractivity contribution in [3.8, 4) is 0 Å². The van der Waals surface area contributed by atoms with Crippen LogP contribution in [0.2, 0.25) is 0 Å². The normalized spacial score (nSPS) is 14.1. The van der Waals surface area contributed by atoms with Crippen LogP contribution >= 0.6 is 15.9 Å². The first-order valence-corrected chi connectivity index (χ1v) is 7.07. The maximum absolute atomic E-state index is 4.37. The number of hydrogen-bond donors (Lipinski definition) is 1. The van der Waals surface area contributed by atoms with Gasteiger partial charge in [-0.3, -0.25) is 0 Å². The molecule has 0 bridgehead atoms. The van der Waals surface area contributed by atoms with Crippen LogP contribution in [0.4, 0.5) is 11.6 Å². The molecule has 0 saturated heterocycles. The molecule has 1 N–H and O–H groups in total. The largest absolute Gasteiger partial charge is 0.373 e. The van der Waals surface area contributed by atoms with Crippen molar-refractivity contribution >= 4 is 27.6 Å². The molecule has 1 aliphatic rings. The van der Waals surface area contributed by atoms with Gasteiger partial charge in [0.25, 0.3) is 0 Å². The van der Waals surface area contributed by atoms with Crippen molar-refractivity contribution in [2.45, 2.75) is 13.0 Å². The van der Waals surface area contributed by atoms with Gasteiger partial charge in [0.05, 0.1) is 0 Å². The number of benzene rings is 1. The van der Waals surface area contributed by atoms with Gasteiger partial charge in [0.1, 0.15) is 18.0 Å². The fraction of sp³-hybridized carbons (Fsp3) is 0.286. The Morgan fingerprint density at radius 2 is 2.11 bits per heavy atom. The van der Waals surface area contributed by atoms with E-state index in [0.29, 0.717) is 0 Å². The van der Waals surface area contributed by atoms with Crippen LogP contribution in [-0.4, -0.2) is 23.6 Å². The third-order valence-corrected chi connectivity index (χ3v) is 3.91. The van der Waals surface area contributed by atoms with Crippen molar-refractivity contribution in [3.05, 3.63) is 46.2 Å². The molecule has 0 fully saturated rings. The summed E-state index contributed by atoms with van der Waals surface area (Å²) >= 11 is 3.53. The molecular weight excluding hydrogens is 304 g/mol. The van der Waals surface area contributed by atoms with Gasteiger partial charge < -0.3 is 10.2 Å². The summed E-state index contributed by atoms with van der Waals surface area (Å²) in [4.78, 5) is 10.8. The molecular formula is C14H15BrN4. The number of aromatic nitrogens is 2. The van der Waals surface area contributed by atoms with Gasteiger partial charge in [-0.05, 0) is 29.7 Å². The Hall–Kier alpha value is -1.62. The second-order valence-corrected chi connectivity index (χ2v) is 5.51. The Morgan fingerprint density at radius 1 is 1.21 bits per heavy atom. The number of anilines is 2. The van der Waals surface area contributed by atoms with E-state index >= 15 is 0 Å². The second-order valence-electron chi connectivity index (χ2n) is 4.60. The summed E-state index contributed by atoms with van der Waals surface area (Å²) in [5.41, 5.74) is 2.80. The number of halogens is 1. The van der Waals surface area contributed by atoms with E-state index in [4.69, 9.17) is 0 Å². The summed E-state index contributed by atoms with van der Waals surface area (Å²) < 4.78 is 1.15. The summed E-state index contributed by atoms with van der Waals surface area (Å²) in [5, 5.41) is 3.05. The summed E-state index contributed by atoms with van der Waals surface area (Å²) in [7, 11) is 1.87. The molecule has 2 heterocycles. The molecule has 5 heteroatoms. The molecule has 4 nitrogen and oxygen atoms in total. The highest BCUT2D eigenvalue weighted by Crippen LogP contribution is 2.26. The Balaban J connectivity index is 1.86. The van der Waals surface area contributed by atoms with Crippen LogP contribution in [0.15, 0.2) is 35.1 Å². The van der Waals surface area contributed by atoms with Crippen LogP contribution in [0.5, 0.6) is 0 Å². The van der Waals surface area contributed by atoms with Crippen molar-refractivity contribution < 1.29 is 0 Å². The summed E-state index contributed by atoms with van der Waals surface area (Å²) in [6, 6.07) is 8.49. The van der Waals surface area contributed by atoms with Crippen LogP contribution in [0, 0.1) is 0 Å². The van der Waals surface area contributed by atoms with E-state index < -0.39 is 0 Å². The molecule has 2 aromatic rings. The molecule has 0 spiro atoms. The predicted octanol–water partition coefficient (Wildman–Crippen LogP) is 2.84. The first kappa shape index (κ1) is 12.4. The average Bonchev–Trinajstić information content (AvgIpc) is 2.46. The first-order chi connectivity index (χ1) is 9.26. The lowest BCUT2D eigenvalue weighted by molar-refractivity contribution is 0.719. The molecule has 0 unspecified atom stereocenters. The molecule has 3 rings (SSSR count). The van der Waals surface area contributed by atoms with E-state index in [0.717, 1.165) is 35.6 Å². The van der Waals surface area contributed by atoms with Crippen LogP contribution in [0.1, 0.15) is 11.1 Å². The van der Waals surface area contributed by atoms with E-state index in [1.807, 2.05) is 13.1 Å². The molecule has 19 heavy (non-hydrogen) atoms. The van der Waals surface area contributed by atoms with Crippen molar-refractivity contribution in [2.75, 3.05) is 23.8 Å².